The highest BCUT2D eigenvalue weighted by atomic mass is 16.1. The Kier molecular flexibility index (Phi) is 9.34. The molecule has 0 aliphatic carbocycles. The number of nitrogens with zero attached hydrogens (tertiary/aromatic N) is 2. The minimum absolute atomic E-state index is 0.0279. The van der Waals surface area contributed by atoms with E-state index < -0.39 is 0 Å². The average Bonchev–Trinajstić information content (AvgIpc) is 2.55. The fraction of sp³-hybridized carbons (Fsp3) is 0.556. The molecule has 24 heavy (non-hydrogen) atoms. The van der Waals surface area contributed by atoms with Gasteiger partial charge in [-0.25, -0.2) is 0 Å². The molecular formula is C18H31N5O. The average molecular weight is 333 g/mol. The quantitative estimate of drug-likeness (QED) is 0.364. The normalized spacial score (nSPS) is 11.1. The summed E-state index contributed by atoms with van der Waals surface area (Å²) in [6.45, 7) is 12.4. The van der Waals surface area contributed by atoms with Crippen molar-refractivity contribution in [3.05, 3.63) is 29.8 Å². The summed E-state index contributed by atoms with van der Waals surface area (Å²) in [7, 11) is 0. The molecule has 0 fully saturated rings. The molecule has 0 atom stereocenters. The van der Waals surface area contributed by atoms with Crippen molar-refractivity contribution in [3.63, 3.8) is 0 Å². The van der Waals surface area contributed by atoms with Crippen LogP contribution in [0.5, 0.6) is 0 Å². The van der Waals surface area contributed by atoms with Crippen LogP contribution in [0.4, 0.5) is 5.69 Å². The fourth-order valence-electron chi connectivity index (χ4n) is 2.35. The zero-order chi connectivity index (χ0) is 17.8. The number of amides is 1. The highest BCUT2D eigenvalue weighted by Crippen LogP contribution is 2.14. The van der Waals surface area contributed by atoms with E-state index >= 15 is 0 Å². The lowest BCUT2D eigenvalue weighted by Gasteiger charge is -2.24. The fourth-order valence-corrected chi connectivity index (χ4v) is 2.35. The second-order valence-electron chi connectivity index (χ2n) is 5.59. The van der Waals surface area contributed by atoms with Gasteiger partial charge in [-0.15, -0.1) is 0 Å². The molecule has 0 aliphatic heterocycles. The maximum atomic E-state index is 10.9. The van der Waals surface area contributed by atoms with E-state index in [1.165, 1.54) is 18.2 Å². The van der Waals surface area contributed by atoms with E-state index in [9.17, 15) is 4.79 Å². The summed E-state index contributed by atoms with van der Waals surface area (Å²) in [5.74, 6) is 0.753. The van der Waals surface area contributed by atoms with Crippen molar-refractivity contribution in [2.45, 2.75) is 27.7 Å². The summed E-state index contributed by atoms with van der Waals surface area (Å²) in [6.07, 6.45) is 0. The van der Waals surface area contributed by atoms with Gasteiger partial charge >= 0.3 is 0 Å². The lowest BCUT2D eigenvalue weighted by molar-refractivity contribution is -0.118. The van der Waals surface area contributed by atoms with E-state index in [0.29, 0.717) is 13.1 Å². The van der Waals surface area contributed by atoms with Crippen molar-refractivity contribution >= 4 is 17.6 Å². The number of anilines is 1. The maximum absolute atomic E-state index is 10.9. The van der Waals surface area contributed by atoms with Gasteiger partial charge in [0.2, 0.25) is 5.91 Å². The van der Waals surface area contributed by atoms with Crippen LogP contribution in [0.25, 0.3) is 0 Å². The van der Waals surface area contributed by atoms with E-state index in [1.54, 1.807) is 0 Å². The molecular weight excluding hydrogens is 302 g/mol. The van der Waals surface area contributed by atoms with Crippen LogP contribution in [0.1, 0.15) is 26.3 Å². The second kappa shape index (κ2) is 11.3. The highest BCUT2D eigenvalue weighted by Gasteiger charge is 2.05. The van der Waals surface area contributed by atoms with E-state index in [2.05, 4.69) is 64.0 Å². The van der Waals surface area contributed by atoms with Crippen LogP contribution < -0.4 is 20.9 Å². The predicted octanol–water partition coefficient (Wildman–Crippen LogP) is 1.51. The van der Waals surface area contributed by atoms with Crippen LogP contribution in [0.2, 0.25) is 0 Å². The third kappa shape index (κ3) is 7.85. The molecule has 1 rings (SSSR count). The Hall–Kier alpha value is -2.24. The van der Waals surface area contributed by atoms with Gasteiger partial charge in [-0.2, -0.15) is 0 Å². The summed E-state index contributed by atoms with van der Waals surface area (Å²) < 4.78 is 0. The number of benzene rings is 1. The van der Waals surface area contributed by atoms with Crippen LogP contribution in [0, 0.1) is 6.92 Å². The molecule has 0 spiro atoms. The van der Waals surface area contributed by atoms with Crippen LogP contribution in [0.15, 0.2) is 29.3 Å². The maximum Gasteiger partial charge on any atom is 0.216 e. The number of rotatable bonds is 9. The van der Waals surface area contributed by atoms with E-state index in [0.717, 1.165) is 32.1 Å². The van der Waals surface area contributed by atoms with Crippen molar-refractivity contribution in [2.24, 2.45) is 4.99 Å². The first-order chi connectivity index (χ1) is 11.6. The summed E-state index contributed by atoms with van der Waals surface area (Å²) in [5, 5.41) is 9.30. The van der Waals surface area contributed by atoms with E-state index in [1.807, 2.05) is 6.92 Å². The molecule has 0 aliphatic rings. The van der Waals surface area contributed by atoms with Crippen molar-refractivity contribution in [1.29, 1.82) is 0 Å². The number of nitrogens with one attached hydrogen (secondary N) is 3. The molecule has 6 nitrogen and oxygen atoms in total. The summed E-state index contributed by atoms with van der Waals surface area (Å²) in [4.78, 5) is 17.6. The number of likely N-dealkylation sites (N-methyl/N-ethyl adjacent to an activating group) is 1. The molecule has 1 amide bonds. The number of aliphatic imine (C=N–C) groups is 1. The highest BCUT2D eigenvalue weighted by molar-refractivity contribution is 5.79. The number of guanidine groups is 1. The lowest BCUT2D eigenvalue weighted by atomic mass is 10.2. The monoisotopic (exact) mass is 333 g/mol. The SMILES string of the molecule is CCNC(=NCCNC(C)=O)NCCN(CC)c1cccc(C)c1. The van der Waals surface area contributed by atoms with E-state index in [-0.39, 0.29) is 5.91 Å². The summed E-state index contributed by atoms with van der Waals surface area (Å²) >= 11 is 0. The molecule has 0 radical (unpaired) electrons. The Morgan fingerprint density at radius 1 is 1.17 bits per heavy atom. The molecule has 0 unspecified atom stereocenters. The van der Waals surface area contributed by atoms with Crippen LogP contribution >= 0.6 is 0 Å². The zero-order valence-corrected chi connectivity index (χ0v) is 15.4. The smallest absolute Gasteiger partial charge is 0.216 e. The second-order valence-corrected chi connectivity index (χ2v) is 5.59. The minimum atomic E-state index is -0.0279. The Balaban J connectivity index is 2.47. The first kappa shape index (κ1) is 19.8. The zero-order valence-electron chi connectivity index (χ0n) is 15.4. The Morgan fingerprint density at radius 2 is 1.96 bits per heavy atom. The molecule has 1 aromatic rings. The Bertz CT molecular complexity index is 530. The number of carbonyl (C=O) groups excluding carboxylic acids is 1. The van der Waals surface area contributed by atoms with Crippen LogP contribution in [0.3, 0.4) is 0 Å². The first-order valence-electron chi connectivity index (χ1n) is 8.65. The summed E-state index contributed by atoms with van der Waals surface area (Å²) in [6, 6.07) is 8.55. The van der Waals surface area contributed by atoms with Gasteiger partial charge in [0.25, 0.3) is 0 Å². The van der Waals surface area contributed by atoms with Gasteiger partial charge in [-0.1, -0.05) is 12.1 Å². The Morgan fingerprint density at radius 3 is 2.58 bits per heavy atom. The molecule has 0 aromatic heterocycles. The van der Waals surface area contributed by atoms with E-state index in [4.69, 9.17) is 0 Å². The number of aryl methyl sites for hydroxylation is 1. The third-order valence-electron chi connectivity index (χ3n) is 3.52. The van der Waals surface area contributed by atoms with Gasteiger partial charge < -0.3 is 20.9 Å². The molecule has 134 valence electrons. The van der Waals surface area contributed by atoms with Crippen LogP contribution in [-0.2, 0) is 4.79 Å². The molecule has 0 saturated heterocycles. The van der Waals surface area contributed by atoms with Crippen molar-refractivity contribution < 1.29 is 4.79 Å². The molecule has 1 aromatic carbocycles. The standard InChI is InChI=1S/C18H31N5O/c1-5-19-18(21-11-10-20-16(4)24)22-12-13-23(6-2)17-9-7-8-15(3)14-17/h7-9,14H,5-6,10-13H2,1-4H3,(H,20,24)(H2,19,21,22). The molecule has 0 heterocycles. The molecule has 6 heteroatoms. The lowest BCUT2D eigenvalue weighted by Crippen LogP contribution is -2.42. The largest absolute Gasteiger partial charge is 0.370 e. The van der Waals surface area contributed by atoms with Gasteiger partial charge in [0.15, 0.2) is 5.96 Å². The van der Waals surface area contributed by atoms with Crippen molar-refractivity contribution in [2.75, 3.05) is 44.2 Å². The van der Waals surface area contributed by atoms with Crippen molar-refractivity contribution in [3.8, 4) is 0 Å². The molecule has 0 saturated carbocycles. The van der Waals surface area contributed by atoms with Gasteiger partial charge in [-0.05, 0) is 38.5 Å². The minimum Gasteiger partial charge on any atom is -0.370 e. The van der Waals surface area contributed by atoms with Gasteiger partial charge in [0.05, 0.1) is 6.54 Å². The van der Waals surface area contributed by atoms with Gasteiger partial charge in [0.1, 0.15) is 0 Å². The number of carbonyl (C=O) groups is 1. The first-order valence-corrected chi connectivity index (χ1v) is 8.65. The topological polar surface area (TPSA) is 68.8 Å². The summed E-state index contributed by atoms with van der Waals surface area (Å²) in [5.41, 5.74) is 2.51. The van der Waals surface area contributed by atoms with Gasteiger partial charge in [0, 0.05) is 45.3 Å². The van der Waals surface area contributed by atoms with Crippen LogP contribution in [-0.4, -0.2) is 51.1 Å². The third-order valence-corrected chi connectivity index (χ3v) is 3.52. The Labute approximate surface area is 145 Å². The predicted molar refractivity (Wildman–Crippen MR) is 102 cm³/mol. The number of hydrogen-bond donors (Lipinski definition) is 3. The van der Waals surface area contributed by atoms with Crippen molar-refractivity contribution in [1.82, 2.24) is 16.0 Å². The molecule has 0 bridgehead atoms. The molecule has 3 N–H and O–H groups in total. The van der Waals surface area contributed by atoms with Gasteiger partial charge in [-0.3, -0.25) is 9.79 Å². The number of hydrogen-bond acceptors (Lipinski definition) is 3.